The number of hydrogen-bond donors (Lipinski definition) is 2. The van der Waals surface area contributed by atoms with Gasteiger partial charge in [0.2, 0.25) is 11.6 Å². The third-order valence-corrected chi connectivity index (χ3v) is 1.54. The van der Waals surface area contributed by atoms with Crippen molar-refractivity contribution in [2.24, 2.45) is 0 Å². The monoisotopic (exact) mass is 205 g/mol. The van der Waals surface area contributed by atoms with Crippen LogP contribution in [0, 0.1) is 0 Å². The molecule has 1 rings (SSSR count). The Morgan fingerprint density at radius 1 is 1.80 bits per heavy atom. The van der Waals surface area contributed by atoms with Gasteiger partial charge < -0.3 is 15.3 Å². The summed E-state index contributed by atoms with van der Waals surface area (Å²) in [5.41, 5.74) is 5.20. The molecule has 54 valence electrons. The molecule has 4 nitrogen and oxygen atoms in total. The fourth-order valence-electron chi connectivity index (χ4n) is 0.488. The lowest BCUT2D eigenvalue weighted by atomic mass is 10.5. The lowest BCUT2D eigenvalue weighted by molar-refractivity contribution is 0.0663. The Bertz CT molecular complexity index is 248. The first kappa shape index (κ1) is 7.14. The number of aromatic carboxylic acids is 1. The van der Waals surface area contributed by atoms with Crippen LogP contribution in [0.25, 0.3) is 0 Å². The zero-order valence-corrected chi connectivity index (χ0v) is 6.38. The predicted octanol–water partition coefficient (Wildman–Crippen LogP) is 1.32. The van der Waals surface area contributed by atoms with Crippen LogP contribution in [0.1, 0.15) is 10.6 Å². The summed E-state index contributed by atoms with van der Waals surface area (Å²) >= 11 is 3.00. The number of nitrogen functional groups attached to an aromatic ring is 1. The van der Waals surface area contributed by atoms with Crippen LogP contribution >= 0.6 is 15.9 Å². The summed E-state index contributed by atoms with van der Waals surface area (Å²) in [6, 6.07) is 1.30. The number of hydrogen-bond acceptors (Lipinski definition) is 3. The topological polar surface area (TPSA) is 76.5 Å². The third-order valence-electron chi connectivity index (χ3n) is 0.924. The molecule has 10 heavy (non-hydrogen) atoms. The Kier molecular flexibility index (Phi) is 1.67. The van der Waals surface area contributed by atoms with Gasteiger partial charge in [0.05, 0.1) is 4.47 Å². The van der Waals surface area contributed by atoms with E-state index in [0.29, 0.717) is 4.47 Å². The van der Waals surface area contributed by atoms with Crippen molar-refractivity contribution in [3.05, 3.63) is 16.3 Å². The van der Waals surface area contributed by atoms with Gasteiger partial charge in [0, 0.05) is 6.07 Å². The highest BCUT2D eigenvalue weighted by Crippen LogP contribution is 2.23. The highest BCUT2D eigenvalue weighted by atomic mass is 79.9. The maximum atomic E-state index is 10.2. The summed E-state index contributed by atoms with van der Waals surface area (Å²) in [4.78, 5) is 10.2. The molecular formula is C5H4BrNO3. The van der Waals surface area contributed by atoms with Crippen molar-refractivity contribution in [3.63, 3.8) is 0 Å². The molecule has 0 aliphatic heterocycles. The summed E-state index contributed by atoms with van der Waals surface area (Å²) in [6.45, 7) is 0. The van der Waals surface area contributed by atoms with E-state index in [0.717, 1.165) is 0 Å². The van der Waals surface area contributed by atoms with Gasteiger partial charge in [-0.15, -0.1) is 0 Å². The van der Waals surface area contributed by atoms with Crippen LogP contribution in [0.4, 0.5) is 5.88 Å². The number of nitrogens with two attached hydrogens (primary N) is 1. The second kappa shape index (κ2) is 2.34. The number of carbonyl (C=O) groups is 1. The summed E-state index contributed by atoms with van der Waals surface area (Å²) in [5.74, 6) is -1.21. The fourth-order valence-corrected chi connectivity index (χ4v) is 0.777. The Labute approximate surface area is 64.8 Å². The van der Waals surface area contributed by atoms with E-state index in [2.05, 4.69) is 20.3 Å². The van der Waals surface area contributed by atoms with Crippen molar-refractivity contribution in [3.8, 4) is 0 Å². The Morgan fingerprint density at radius 2 is 2.40 bits per heavy atom. The molecule has 0 unspecified atom stereocenters. The van der Waals surface area contributed by atoms with Crippen LogP contribution in [0.5, 0.6) is 0 Å². The number of carboxylic acid groups (broad SMARTS) is 1. The molecule has 0 saturated heterocycles. The molecular weight excluding hydrogens is 202 g/mol. The molecule has 0 saturated carbocycles. The number of carboxylic acids is 1. The van der Waals surface area contributed by atoms with Gasteiger partial charge in [0.15, 0.2) is 0 Å². The lowest BCUT2D eigenvalue weighted by Gasteiger charge is -1.82. The van der Waals surface area contributed by atoms with Crippen LogP contribution < -0.4 is 5.73 Å². The van der Waals surface area contributed by atoms with Crippen LogP contribution in [-0.4, -0.2) is 11.1 Å². The van der Waals surface area contributed by atoms with Crippen molar-refractivity contribution < 1.29 is 14.3 Å². The number of anilines is 1. The van der Waals surface area contributed by atoms with Gasteiger partial charge in [0.1, 0.15) is 0 Å². The SMILES string of the molecule is Nc1oc(C(=O)O)cc1Br. The van der Waals surface area contributed by atoms with Crippen LogP contribution in [0.3, 0.4) is 0 Å². The summed E-state index contributed by atoms with van der Waals surface area (Å²) in [5, 5.41) is 8.35. The minimum atomic E-state index is -1.13. The molecule has 0 fully saturated rings. The summed E-state index contributed by atoms with van der Waals surface area (Å²) in [6.07, 6.45) is 0. The average molecular weight is 206 g/mol. The fraction of sp³-hybridized carbons (Fsp3) is 0. The molecule has 0 aliphatic carbocycles. The van der Waals surface area contributed by atoms with E-state index >= 15 is 0 Å². The van der Waals surface area contributed by atoms with E-state index in [4.69, 9.17) is 10.8 Å². The molecule has 0 amide bonds. The number of halogens is 1. The Morgan fingerprint density at radius 3 is 2.60 bits per heavy atom. The van der Waals surface area contributed by atoms with Crippen LogP contribution in [-0.2, 0) is 0 Å². The zero-order chi connectivity index (χ0) is 7.72. The van der Waals surface area contributed by atoms with E-state index < -0.39 is 5.97 Å². The molecule has 0 atom stereocenters. The van der Waals surface area contributed by atoms with Crippen LogP contribution in [0.15, 0.2) is 15.0 Å². The molecule has 0 spiro atoms. The molecule has 0 radical (unpaired) electrons. The first-order chi connectivity index (χ1) is 4.61. The quantitative estimate of drug-likeness (QED) is 0.726. The normalized spacial score (nSPS) is 9.70. The summed E-state index contributed by atoms with van der Waals surface area (Å²) in [7, 11) is 0. The molecule has 0 bridgehead atoms. The van der Waals surface area contributed by atoms with E-state index in [1.54, 1.807) is 0 Å². The zero-order valence-electron chi connectivity index (χ0n) is 4.80. The molecule has 0 aliphatic rings. The first-order valence-corrected chi connectivity index (χ1v) is 3.18. The van der Waals surface area contributed by atoms with Gasteiger partial charge in [-0.25, -0.2) is 4.79 Å². The molecule has 3 N–H and O–H groups in total. The van der Waals surface area contributed by atoms with Crippen molar-refractivity contribution in [2.75, 3.05) is 5.73 Å². The minimum absolute atomic E-state index is 0.0809. The van der Waals surface area contributed by atoms with Crippen molar-refractivity contribution >= 4 is 27.8 Å². The van der Waals surface area contributed by atoms with Gasteiger partial charge in [-0.2, -0.15) is 0 Å². The molecule has 1 aromatic heterocycles. The Balaban J connectivity index is 3.10. The highest BCUT2D eigenvalue weighted by Gasteiger charge is 2.10. The standard InChI is InChI=1S/C5H4BrNO3/c6-2-1-3(5(8)9)10-4(2)7/h1H,7H2,(H,8,9). The van der Waals surface area contributed by atoms with Gasteiger partial charge in [-0.05, 0) is 15.9 Å². The highest BCUT2D eigenvalue weighted by molar-refractivity contribution is 9.10. The van der Waals surface area contributed by atoms with E-state index in [1.165, 1.54) is 6.07 Å². The van der Waals surface area contributed by atoms with Crippen LogP contribution in [0.2, 0.25) is 0 Å². The van der Waals surface area contributed by atoms with E-state index in [-0.39, 0.29) is 11.6 Å². The first-order valence-electron chi connectivity index (χ1n) is 2.39. The van der Waals surface area contributed by atoms with Crippen molar-refractivity contribution in [1.82, 2.24) is 0 Å². The maximum Gasteiger partial charge on any atom is 0.371 e. The third kappa shape index (κ3) is 1.13. The van der Waals surface area contributed by atoms with Gasteiger partial charge in [-0.1, -0.05) is 0 Å². The van der Waals surface area contributed by atoms with Gasteiger partial charge in [0.25, 0.3) is 0 Å². The van der Waals surface area contributed by atoms with E-state index in [9.17, 15) is 4.79 Å². The average Bonchev–Trinajstić information content (AvgIpc) is 2.13. The van der Waals surface area contributed by atoms with Gasteiger partial charge in [-0.3, -0.25) is 0 Å². The smallest absolute Gasteiger partial charge is 0.371 e. The second-order valence-corrected chi connectivity index (χ2v) is 2.48. The maximum absolute atomic E-state index is 10.2. The molecule has 5 heteroatoms. The predicted molar refractivity (Wildman–Crippen MR) is 37.8 cm³/mol. The Hall–Kier alpha value is -0.970. The van der Waals surface area contributed by atoms with E-state index in [1.807, 2.05) is 0 Å². The number of rotatable bonds is 1. The lowest BCUT2D eigenvalue weighted by Crippen LogP contribution is -1.91. The minimum Gasteiger partial charge on any atom is -0.475 e. The number of furan rings is 1. The van der Waals surface area contributed by atoms with Crippen molar-refractivity contribution in [2.45, 2.75) is 0 Å². The molecule has 0 aromatic carbocycles. The van der Waals surface area contributed by atoms with Crippen molar-refractivity contribution in [1.29, 1.82) is 0 Å². The molecule has 1 aromatic rings. The largest absolute Gasteiger partial charge is 0.475 e. The second-order valence-electron chi connectivity index (χ2n) is 1.63. The molecule has 1 heterocycles. The van der Waals surface area contributed by atoms with Gasteiger partial charge >= 0.3 is 5.97 Å². The summed E-state index contributed by atoms with van der Waals surface area (Å²) < 4.78 is 5.07.